The summed E-state index contributed by atoms with van der Waals surface area (Å²) in [7, 11) is 0. The first-order valence-corrected chi connectivity index (χ1v) is 6.51. The SMILES string of the molecule is CC(=O)NC(CCCN)C(=O)O.NC(CCC(=O)O)C(=O)O. The Bertz CT molecular complexity index is 387. The molecule has 22 heavy (non-hydrogen) atoms. The number of nitrogens with one attached hydrogen (secondary N) is 1. The Morgan fingerprint density at radius 1 is 1.05 bits per heavy atom. The first-order valence-electron chi connectivity index (χ1n) is 6.51. The van der Waals surface area contributed by atoms with Crippen LogP contribution in [0.15, 0.2) is 0 Å². The first kappa shape index (κ1) is 22.1. The van der Waals surface area contributed by atoms with Gasteiger partial charge in [-0.05, 0) is 25.8 Å². The number of amides is 1. The van der Waals surface area contributed by atoms with E-state index in [1.807, 2.05) is 0 Å². The van der Waals surface area contributed by atoms with Gasteiger partial charge < -0.3 is 32.1 Å². The Morgan fingerprint density at radius 3 is 1.91 bits per heavy atom. The van der Waals surface area contributed by atoms with Crippen molar-refractivity contribution in [3.8, 4) is 0 Å². The molecule has 0 saturated carbocycles. The molecule has 2 unspecified atom stereocenters. The van der Waals surface area contributed by atoms with Crippen molar-refractivity contribution in [3.05, 3.63) is 0 Å². The second-order valence-corrected chi connectivity index (χ2v) is 4.40. The maximum Gasteiger partial charge on any atom is 0.326 e. The monoisotopic (exact) mass is 321 g/mol. The molecule has 2 atom stereocenters. The molecule has 0 aliphatic rings. The van der Waals surface area contributed by atoms with Crippen molar-refractivity contribution in [1.82, 2.24) is 5.32 Å². The lowest BCUT2D eigenvalue weighted by atomic mass is 10.1. The number of carbonyl (C=O) groups excluding carboxylic acids is 1. The van der Waals surface area contributed by atoms with Crippen LogP contribution < -0.4 is 16.8 Å². The van der Waals surface area contributed by atoms with Gasteiger partial charge in [0.05, 0.1) is 0 Å². The van der Waals surface area contributed by atoms with Gasteiger partial charge >= 0.3 is 17.9 Å². The molecule has 0 spiro atoms. The van der Waals surface area contributed by atoms with Crippen LogP contribution in [0.1, 0.15) is 32.6 Å². The Balaban J connectivity index is 0. The molecule has 10 heteroatoms. The Hall–Kier alpha value is -2.20. The van der Waals surface area contributed by atoms with E-state index in [1.165, 1.54) is 6.92 Å². The predicted molar refractivity (Wildman–Crippen MR) is 76.0 cm³/mol. The fraction of sp³-hybridized carbons (Fsp3) is 0.667. The summed E-state index contributed by atoms with van der Waals surface area (Å²) in [5, 5.41) is 27.2. The van der Waals surface area contributed by atoms with Crippen LogP contribution in [0, 0.1) is 0 Å². The molecule has 0 saturated heterocycles. The largest absolute Gasteiger partial charge is 0.481 e. The van der Waals surface area contributed by atoms with E-state index in [2.05, 4.69) is 5.32 Å². The van der Waals surface area contributed by atoms with Crippen LogP contribution in [0.4, 0.5) is 0 Å². The van der Waals surface area contributed by atoms with Gasteiger partial charge in [-0.25, -0.2) is 4.79 Å². The van der Waals surface area contributed by atoms with E-state index in [9.17, 15) is 19.2 Å². The summed E-state index contributed by atoms with van der Waals surface area (Å²) < 4.78 is 0. The molecule has 0 aliphatic heterocycles. The number of hydrogen-bond acceptors (Lipinski definition) is 6. The minimum Gasteiger partial charge on any atom is -0.481 e. The summed E-state index contributed by atoms with van der Waals surface area (Å²) in [5.41, 5.74) is 10.2. The number of aliphatic carboxylic acids is 3. The summed E-state index contributed by atoms with van der Waals surface area (Å²) in [6.45, 7) is 1.72. The predicted octanol–water partition coefficient (Wildman–Crippen LogP) is -1.42. The first-order chi connectivity index (χ1) is 10.1. The summed E-state index contributed by atoms with van der Waals surface area (Å²) in [6.07, 6.45) is 0.751. The quantitative estimate of drug-likeness (QED) is 0.295. The van der Waals surface area contributed by atoms with Gasteiger partial charge in [0.2, 0.25) is 5.91 Å². The van der Waals surface area contributed by atoms with Crippen molar-refractivity contribution in [2.24, 2.45) is 11.5 Å². The zero-order valence-electron chi connectivity index (χ0n) is 12.3. The molecular formula is C12H23N3O7. The summed E-state index contributed by atoms with van der Waals surface area (Å²) >= 11 is 0. The zero-order chi connectivity index (χ0) is 17.7. The summed E-state index contributed by atoms with van der Waals surface area (Å²) in [6, 6.07) is -1.86. The van der Waals surface area contributed by atoms with Gasteiger partial charge in [-0.3, -0.25) is 14.4 Å². The molecule has 0 rings (SSSR count). The third-order valence-corrected chi connectivity index (χ3v) is 2.36. The fourth-order valence-electron chi connectivity index (χ4n) is 1.23. The van der Waals surface area contributed by atoms with Gasteiger partial charge in [-0.15, -0.1) is 0 Å². The number of carboxylic acid groups (broad SMARTS) is 3. The van der Waals surface area contributed by atoms with Gasteiger partial charge in [0, 0.05) is 13.3 Å². The highest BCUT2D eigenvalue weighted by molar-refractivity contribution is 5.81. The van der Waals surface area contributed by atoms with Crippen molar-refractivity contribution in [2.45, 2.75) is 44.7 Å². The van der Waals surface area contributed by atoms with E-state index in [-0.39, 0.29) is 18.7 Å². The Labute approximate surface area is 127 Å². The molecule has 0 heterocycles. The molecule has 0 aromatic rings. The van der Waals surface area contributed by atoms with Crippen molar-refractivity contribution >= 4 is 23.8 Å². The molecule has 0 aromatic heterocycles. The highest BCUT2D eigenvalue weighted by atomic mass is 16.4. The fourth-order valence-corrected chi connectivity index (χ4v) is 1.23. The molecule has 128 valence electrons. The second kappa shape index (κ2) is 12.5. The van der Waals surface area contributed by atoms with Crippen molar-refractivity contribution < 1.29 is 34.5 Å². The molecule has 0 bridgehead atoms. The topological polar surface area (TPSA) is 193 Å². The second-order valence-electron chi connectivity index (χ2n) is 4.40. The van der Waals surface area contributed by atoms with Crippen LogP contribution in [0.5, 0.6) is 0 Å². The maximum atomic E-state index is 10.5. The Morgan fingerprint density at radius 2 is 1.59 bits per heavy atom. The average molecular weight is 321 g/mol. The van der Waals surface area contributed by atoms with Gasteiger partial charge in [-0.1, -0.05) is 0 Å². The van der Waals surface area contributed by atoms with E-state index in [0.717, 1.165) is 0 Å². The minimum atomic E-state index is -1.17. The number of carboxylic acids is 3. The minimum absolute atomic E-state index is 0.0231. The number of carbonyl (C=O) groups is 4. The molecule has 8 N–H and O–H groups in total. The standard InChI is InChI=1S/C7H14N2O3.C5H9NO4/c1-5(10)9-6(7(11)12)3-2-4-8;6-3(5(9)10)1-2-4(7)8/h6H,2-4,8H2,1H3,(H,9,10)(H,11,12);3H,1-2,6H2,(H,7,8)(H,9,10). The Kier molecular flexibility index (Phi) is 12.6. The average Bonchev–Trinajstić information content (AvgIpc) is 2.40. The lowest BCUT2D eigenvalue weighted by Crippen LogP contribution is -2.39. The highest BCUT2D eigenvalue weighted by Crippen LogP contribution is 1.96. The van der Waals surface area contributed by atoms with Crippen molar-refractivity contribution in [1.29, 1.82) is 0 Å². The van der Waals surface area contributed by atoms with Gasteiger partial charge in [0.15, 0.2) is 0 Å². The van der Waals surface area contributed by atoms with Crippen LogP contribution in [0.3, 0.4) is 0 Å². The number of rotatable bonds is 9. The molecule has 1 amide bonds. The van der Waals surface area contributed by atoms with Crippen LogP contribution in [0.25, 0.3) is 0 Å². The maximum absolute atomic E-state index is 10.5. The number of nitrogens with two attached hydrogens (primary N) is 2. The lowest BCUT2D eigenvalue weighted by Gasteiger charge is -2.11. The van der Waals surface area contributed by atoms with Gasteiger partial charge in [-0.2, -0.15) is 0 Å². The summed E-state index contributed by atoms with van der Waals surface area (Å²) in [5.74, 6) is -3.55. The molecular weight excluding hydrogens is 298 g/mol. The van der Waals surface area contributed by atoms with Crippen LogP contribution in [-0.2, 0) is 19.2 Å². The van der Waals surface area contributed by atoms with E-state index in [0.29, 0.717) is 19.4 Å². The molecule has 0 fully saturated rings. The highest BCUT2D eigenvalue weighted by Gasteiger charge is 2.16. The van der Waals surface area contributed by atoms with E-state index in [1.54, 1.807) is 0 Å². The van der Waals surface area contributed by atoms with Gasteiger partial charge in [0.1, 0.15) is 12.1 Å². The van der Waals surface area contributed by atoms with Gasteiger partial charge in [0.25, 0.3) is 0 Å². The van der Waals surface area contributed by atoms with E-state index < -0.39 is 30.0 Å². The van der Waals surface area contributed by atoms with Crippen LogP contribution >= 0.6 is 0 Å². The lowest BCUT2D eigenvalue weighted by molar-refractivity contribution is -0.142. The van der Waals surface area contributed by atoms with Crippen molar-refractivity contribution in [3.63, 3.8) is 0 Å². The van der Waals surface area contributed by atoms with E-state index >= 15 is 0 Å². The van der Waals surface area contributed by atoms with Crippen molar-refractivity contribution in [2.75, 3.05) is 6.54 Å². The normalized spacial score (nSPS) is 12.3. The third kappa shape index (κ3) is 14.2. The molecule has 0 aliphatic carbocycles. The van der Waals surface area contributed by atoms with Crippen LogP contribution in [0.2, 0.25) is 0 Å². The van der Waals surface area contributed by atoms with E-state index in [4.69, 9.17) is 26.8 Å². The third-order valence-electron chi connectivity index (χ3n) is 2.36. The van der Waals surface area contributed by atoms with Crippen LogP contribution in [-0.4, -0.2) is 57.8 Å². The zero-order valence-corrected chi connectivity index (χ0v) is 12.3. The summed E-state index contributed by atoms with van der Waals surface area (Å²) in [4.78, 5) is 40.9. The number of hydrogen-bond donors (Lipinski definition) is 6. The smallest absolute Gasteiger partial charge is 0.326 e. The molecule has 0 aromatic carbocycles. The molecule has 0 radical (unpaired) electrons. The molecule has 10 nitrogen and oxygen atoms in total.